The molecule has 0 unspecified atom stereocenters. The molecular formula is C12H23NO3S. The Morgan fingerprint density at radius 2 is 1.88 bits per heavy atom. The molecule has 0 aliphatic rings. The van der Waals surface area contributed by atoms with Gasteiger partial charge in [-0.1, -0.05) is 6.92 Å². The highest BCUT2D eigenvalue weighted by molar-refractivity contribution is 7.96. The predicted octanol–water partition coefficient (Wildman–Crippen LogP) is 1.92. The van der Waals surface area contributed by atoms with Crippen molar-refractivity contribution in [3.8, 4) is 0 Å². The molecule has 0 fully saturated rings. The average molecular weight is 261 g/mol. The summed E-state index contributed by atoms with van der Waals surface area (Å²) in [5.74, 6) is -0.496. The number of thiol groups is 1. The van der Waals surface area contributed by atoms with Crippen LogP contribution < -0.4 is 5.73 Å². The van der Waals surface area contributed by atoms with E-state index in [1.165, 1.54) is 0 Å². The van der Waals surface area contributed by atoms with Crippen LogP contribution in [0.1, 0.15) is 47.0 Å². The van der Waals surface area contributed by atoms with Crippen LogP contribution in [-0.4, -0.2) is 22.7 Å². The zero-order valence-electron chi connectivity index (χ0n) is 11.0. The minimum atomic E-state index is -0.476. The van der Waals surface area contributed by atoms with E-state index in [1.54, 1.807) is 6.92 Å². The number of carbonyl (C=O) groups is 2. The van der Waals surface area contributed by atoms with Gasteiger partial charge in [0.1, 0.15) is 5.60 Å². The number of carbonyl (C=O) groups excluding carboxylic acids is 2. The Bertz CT molecular complexity index is 273. The lowest BCUT2D eigenvalue weighted by molar-refractivity contribution is -0.159. The van der Waals surface area contributed by atoms with Crippen molar-refractivity contribution in [2.75, 3.05) is 0 Å². The van der Waals surface area contributed by atoms with E-state index in [9.17, 15) is 9.59 Å². The molecule has 0 rings (SSSR count). The molecule has 2 atom stereocenters. The van der Waals surface area contributed by atoms with Gasteiger partial charge in [-0.2, -0.15) is 0 Å². The summed E-state index contributed by atoms with van der Waals surface area (Å²) in [5, 5.41) is -0.176. The molecule has 100 valence electrons. The van der Waals surface area contributed by atoms with Gasteiger partial charge in [0, 0.05) is 12.5 Å². The second-order valence-corrected chi connectivity index (χ2v) is 5.86. The minimum Gasteiger partial charge on any atom is -0.460 e. The Morgan fingerprint density at radius 3 is 2.29 bits per heavy atom. The van der Waals surface area contributed by atoms with Crippen molar-refractivity contribution in [2.24, 2.45) is 11.7 Å². The molecule has 0 aliphatic heterocycles. The second kappa shape index (κ2) is 7.01. The maximum absolute atomic E-state index is 11.7. The van der Waals surface area contributed by atoms with Crippen molar-refractivity contribution in [1.29, 1.82) is 0 Å². The van der Waals surface area contributed by atoms with Crippen LogP contribution in [0.3, 0.4) is 0 Å². The number of esters is 1. The topological polar surface area (TPSA) is 69.4 Å². The number of nitrogens with two attached hydrogens (primary N) is 1. The van der Waals surface area contributed by atoms with Crippen LogP contribution in [0, 0.1) is 5.92 Å². The van der Waals surface area contributed by atoms with E-state index in [-0.39, 0.29) is 23.0 Å². The summed E-state index contributed by atoms with van der Waals surface area (Å²) < 4.78 is 5.25. The fourth-order valence-corrected chi connectivity index (χ4v) is 1.51. The highest BCUT2D eigenvalue weighted by atomic mass is 32.1. The molecule has 0 aromatic heterocycles. The largest absolute Gasteiger partial charge is 0.460 e. The molecule has 0 bridgehead atoms. The van der Waals surface area contributed by atoms with Crippen LogP contribution >= 0.6 is 12.6 Å². The first-order valence-electron chi connectivity index (χ1n) is 5.82. The number of hydrogen-bond donors (Lipinski definition) is 2. The molecule has 4 nitrogen and oxygen atoms in total. The zero-order chi connectivity index (χ0) is 13.6. The molecule has 0 aromatic rings. The van der Waals surface area contributed by atoms with Crippen LogP contribution in [0.5, 0.6) is 0 Å². The Labute approximate surface area is 109 Å². The predicted molar refractivity (Wildman–Crippen MR) is 70.8 cm³/mol. The first-order valence-corrected chi connectivity index (χ1v) is 6.26. The van der Waals surface area contributed by atoms with Gasteiger partial charge in [0.05, 0.1) is 5.92 Å². The summed E-state index contributed by atoms with van der Waals surface area (Å²) in [6.45, 7) is 7.28. The van der Waals surface area contributed by atoms with Crippen LogP contribution in [-0.2, 0) is 14.3 Å². The fourth-order valence-electron chi connectivity index (χ4n) is 1.38. The molecular weight excluding hydrogens is 238 g/mol. The normalized spacial score (nSPS) is 15.2. The third-order valence-corrected chi connectivity index (χ3v) is 2.42. The lowest BCUT2D eigenvalue weighted by atomic mass is 9.99. The average Bonchev–Trinajstić information content (AvgIpc) is 2.11. The smallest absolute Gasteiger partial charge is 0.309 e. The van der Waals surface area contributed by atoms with Gasteiger partial charge >= 0.3 is 5.97 Å². The van der Waals surface area contributed by atoms with Gasteiger partial charge in [-0.15, -0.1) is 12.6 Å². The van der Waals surface area contributed by atoms with Gasteiger partial charge in [-0.05, 0) is 33.6 Å². The molecule has 0 saturated carbocycles. The number of rotatable bonds is 6. The van der Waals surface area contributed by atoms with E-state index in [4.69, 9.17) is 10.5 Å². The maximum atomic E-state index is 11.7. The lowest BCUT2D eigenvalue weighted by Crippen LogP contribution is -2.31. The fraction of sp³-hybridized carbons (Fsp3) is 0.833. The van der Waals surface area contributed by atoms with Gasteiger partial charge in [0.25, 0.3) is 0 Å². The van der Waals surface area contributed by atoms with E-state index in [0.717, 1.165) is 0 Å². The van der Waals surface area contributed by atoms with Crippen molar-refractivity contribution < 1.29 is 14.3 Å². The summed E-state index contributed by atoms with van der Waals surface area (Å²) in [6, 6.07) is -0.173. The first kappa shape index (κ1) is 16.4. The Morgan fingerprint density at radius 1 is 1.35 bits per heavy atom. The molecule has 0 heterocycles. The Kier molecular flexibility index (Phi) is 6.78. The molecule has 0 aliphatic carbocycles. The van der Waals surface area contributed by atoms with Gasteiger partial charge in [-0.3, -0.25) is 9.59 Å². The maximum Gasteiger partial charge on any atom is 0.309 e. The molecule has 0 aromatic carbocycles. The molecule has 0 radical (unpaired) electrons. The zero-order valence-corrected chi connectivity index (χ0v) is 11.9. The van der Waals surface area contributed by atoms with E-state index < -0.39 is 5.60 Å². The van der Waals surface area contributed by atoms with Crippen LogP contribution in [0.15, 0.2) is 0 Å². The van der Waals surface area contributed by atoms with Crippen molar-refractivity contribution >= 4 is 23.7 Å². The third-order valence-electron chi connectivity index (χ3n) is 2.19. The standard InChI is InChI=1S/C12H23NO3S/c1-8(11(15)16-12(2,3)4)7-9(13)5-6-10(14)17/h8-9H,5-7,13H2,1-4H3,(H,14,17)/t8-,9+/m0/s1. The Hall–Kier alpha value is -0.550. The van der Waals surface area contributed by atoms with Crippen LogP contribution in [0.25, 0.3) is 0 Å². The summed E-state index contributed by atoms with van der Waals surface area (Å²) in [7, 11) is 0. The van der Waals surface area contributed by atoms with Crippen molar-refractivity contribution in [3.63, 3.8) is 0 Å². The Balaban J connectivity index is 4.03. The van der Waals surface area contributed by atoms with Crippen molar-refractivity contribution in [3.05, 3.63) is 0 Å². The highest BCUT2D eigenvalue weighted by Gasteiger charge is 2.23. The number of ether oxygens (including phenoxy) is 1. The minimum absolute atomic E-state index is 0.173. The second-order valence-electron chi connectivity index (χ2n) is 5.36. The number of hydrogen-bond acceptors (Lipinski definition) is 4. The molecule has 0 saturated heterocycles. The molecule has 2 N–H and O–H groups in total. The van der Waals surface area contributed by atoms with E-state index in [0.29, 0.717) is 19.3 Å². The lowest BCUT2D eigenvalue weighted by Gasteiger charge is -2.23. The van der Waals surface area contributed by atoms with Gasteiger partial charge in [0.15, 0.2) is 5.12 Å². The van der Waals surface area contributed by atoms with E-state index >= 15 is 0 Å². The van der Waals surface area contributed by atoms with Gasteiger partial charge < -0.3 is 10.5 Å². The van der Waals surface area contributed by atoms with Crippen molar-refractivity contribution in [1.82, 2.24) is 0 Å². The highest BCUT2D eigenvalue weighted by Crippen LogP contribution is 2.15. The quantitative estimate of drug-likeness (QED) is 0.566. The first-order chi connectivity index (χ1) is 7.61. The SMILES string of the molecule is C[C@@H](C[C@H](N)CCC(=O)S)C(=O)OC(C)(C)C. The van der Waals surface area contributed by atoms with E-state index in [2.05, 4.69) is 12.6 Å². The van der Waals surface area contributed by atoms with Gasteiger partial charge in [0.2, 0.25) is 0 Å². The summed E-state index contributed by atoms with van der Waals surface area (Å²) >= 11 is 3.67. The summed E-state index contributed by atoms with van der Waals surface area (Å²) in [6.07, 6.45) is 1.41. The van der Waals surface area contributed by atoms with Crippen LogP contribution in [0.2, 0.25) is 0 Å². The molecule has 0 spiro atoms. The molecule has 0 amide bonds. The monoisotopic (exact) mass is 261 g/mol. The van der Waals surface area contributed by atoms with E-state index in [1.807, 2.05) is 20.8 Å². The van der Waals surface area contributed by atoms with Gasteiger partial charge in [-0.25, -0.2) is 0 Å². The van der Waals surface area contributed by atoms with Crippen molar-refractivity contribution in [2.45, 2.75) is 58.6 Å². The molecule has 5 heteroatoms. The summed E-state index contributed by atoms with van der Waals surface area (Å²) in [4.78, 5) is 22.3. The molecule has 17 heavy (non-hydrogen) atoms. The van der Waals surface area contributed by atoms with Crippen LogP contribution in [0.4, 0.5) is 0 Å². The summed E-state index contributed by atoms with van der Waals surface area (Å²) in [5.41, 5.74) is 5.35. The third kappa shape index (κ3) is 9.18.